The third kappa shape index (κ3) is 4.28. The second-order valence-electron chi connectivity index (χ2n) is 6.86. The number of nitrogens with one attached hydrogen (secondary N) is 1. The van der Waals surface area contributed by atoms with E-state index in [1.165, 1.54) is 6.26 Å². The first-order valence-electron chi connectivity index (χ1n) is 9.40. The first kappa shape index (κ1) is 19.2. The zero-order valence-corrected chi connectivity index (χ0v) is 16.2. The van der Waals surface area contributed by atoms with Gasteiger partial charge in [0.05, 0.1) is 12.3 Å². The number of anilines is 1. The fourth-order valence-corrected chi connectivity index (χ4v) is 3.02. The molecular weight excluding hydrogens is 380 g/mol. The second kappa shape index (κ2) is 8.45. The fourth-order valence-electron chi connectivity index (χ4n) is 3.02. The van der Waals surface area contributed by atoms with E-state index < -0.39 is 0 Å². The van der Waals surface area contributed by atoms with E-state index in [9.17, 15) is 4.79 Å². The highest BCUT2D eigenvalue weighted by Crippen LogP contribution is 2.23. The predicted molar refractivity (Wildman–Crippen MR) is 110 cm³/mol. The lowest BCUT2D eigenvalue weighted by molar-refractivity contribution is 0.102. The molecule has 7 nitrogen and oxygen atoms in total. The van der Waals surface area contributed by atoms with Crippen molar-refractivity contribution in [3.63, 3.8) is 0 Å². The van der Waals surface area contributed by atoms with Crippen LogP contribution in [0.25, 0.3) is 22.8 Å². The fraction of sp³-hybridized carbons (Fsp3) is 0.130. The third-order valence-electron chi connectivity index (χ3n) is 4.55. The van der Waals surface area contributed by atoms with Crippen LogP contribution in [0.2, 0.25) is 0 Å². The van der Waals surface area contributed by atoms with Crippen LogP contribution >= 0.6 is 0 Å². The van der Waals surface area contributed by atoms with Crippen LogP contribution in [-0.2, 0) is 6.42 Å². The topological polar surface area (TPSA) is 105 Å². The number of rotatable bonds is 6. The lowest BCUT2D eigenvalue weighted by Gasteiger charge is -2.07. The Bertz CT molecular complexity index is 1190. The number of carbonyl (C=O) groups excluding carboxylic acids is 1. The molecule has 7 heteroatoms. The molecule has 30 heavy (non-hydrogen) atoms. The molecule has 0 aliphatic rings. The lowest BCUT2D eigenvalue weighted by Crippen LogP contribution is -2.12. The van der Waals surface area contributed by atoms with Crippen molar-refractivity contribution < 1.29 is 13.6 Å². The van der Waals surface area contributed by atoms with Gasteiger partial charge in [-0.2, -0.15) is 5.26 Å². The largest absolute Gasteiger partial charge is 0.459 e. The molecule has 4 aromatic rings. The van der Waals surface area contributed by atoms with Gasteiger partial charge in [0.1, 0.15) is 0 Å². The molecule has 0 fully saturated rings. The van der Waals surface area contributed by atoms with E-state index in [2.05, 4.69) is 21.6 Å². The number of hydrogen-bond donors (Lipinski definition) is 1. The molecule has 0 radical (unpaired) electrons. The molecule has 2 aromatic heterocycles. The van der Waals surface area contributed by atoms with Gasteiger partial charge in [-0.25, -0.2) is 0 Å². The molecule has 0 saturated carbocycles. The summed E-state index contributed by atoms with van der Waals surface area (Å²) in [6.07, 6.45) is 2.21. The molecule has 0 saturated heterocycles. The summed E-state index contributed by atoms with van der Waals surface area (Å²) in [4.78, 5) is 12.6. The molecule has 4 rings (SSSR count). The van der Waals surface area contributed by atoms with Crippen molar-refractivity contribution in [3.05, 3.63) is 78.1 Å². The Morgan fingerprint density at radius 2 is 1.93 bits per heavy atom. The van der Waals surface area contributed by atoms with E-state index in [0.717, 1.165) is 16.7 Å². The van der Waals surface area contributed by atoms with Crippen LogP contribution in [0.15, 0.2) is 75.8 Å². The lowest BCUT2D eigenvalue weighted by atomic mass is 9.98. The first-order chi connectivity index (χ1) is 14.6. The molecule has 2 aromatic carbocycles. The summed E-state index contributed by atoms with van der Waals surface area (Å²) in [5.74, 6) is 0.235. The van der Waals surface area contributed by atoms with Crippen LogP contribution in [0.5, 0.6) is 0 Å². The summed E-state index contributed by atoms with van der Waals surface area (Å²) < 4.78 is 10.6. The maximum Gasteiger partial charge on any atom is 0.322 e. The molecular formula is C23H18N4O3. The predicted octanol–water partition coefficient (Wildman–Crippen LogP) is 4.95. The normalized spacial score (nSPS) is 11.6. The minimum Gasteiger partial charge on any atom is -0.459 e. The van der Waals surface area contributed by atoms with E-state index in [4.69, 9.17) is 14.1 Å². The maximum absolute atomic E-state index is 12.6. The Morgan fingerprint density at radius 1 is 1.10 bits per heavy atom. The zero-order valence-electron chi connectivity index (χ0n) is 16.2. The van der Waals surface area contributed by atoms with Gasteiger partial charge in [-0.05, 0) is 54.3 Å². The minimum atomic E-state index is -0.356. The van der Waals surface area contributed by atoms with Crippen LogP contribution in [-0.4, -0.2) is 16.1 Å². The van der Waals surface area contributed by atoms with E-state index in [-0.39, 0.29) is 23.7 Å². The Hall–Kier alpha value is -4.18. The zero-order chi connectivity index (χ0) is 20.9. The van der Waals surface area contributed by atoms with E-state index in [1.54, 1.807) is 24.3 Å². The summed E-state index contributed by atoms with van der Waals surface area (Å²) >= 11 is 0. The molecule has 1 N–H and O–H groups in total. The van der Waals surface area contributed by atoms with Gasteiger partial charge in [0.15, 0.2) is 5.76 Å². The number of carbonyl (C=O) groups is 1. The van der Waals surface area contributed by atoms with Gasteiger partial charge in [-0.1, -0.05) is 41.5 Å². The monoisotopic (exact) mass is 398 g/mol. The molecule has 0 aliphatic heterocycles. The van der Waals surface area contributed by atoms with Crippen molar-refractivity contribution in [1.82, 2.24) is 10.2 Å². The highest BCUT2D eigenvalue weighted by molar-refractivity contribution is 6.03. The highest BCUT2D eigenvalue weighted by Gasteiger charge is 2.14. The van der Waals surface area contributed by atoms with Crippen molar-refractivity contribution in [2.24, 2.45) is 5.92 Å². The molecule has 148 valence electrons. The Labute approximate surface area is 173 Å². The average Bonchev–Trinajstić information content (AvgIpc) is 3.46. The van der Waals surface area contributed by atoms with Gasteiger partial charge in [0, 0.05) is 11.5 Å². The standard InChI is InChI=1S/C23H18N4O3/c1-15(14-24)12-16-7-9-17(10-8-16)18-4-2-5-19(13-18)21(28)25-23-27-26-22(30-23)20-6-3-11-29-20/h2-11,13,15H,12H2,1H3,(H,25,27,28). The number of hydrogen-bond acceptors (Lipinski definition) is 6. The van der Waals surface area contributed by atoms with Crippen LogP contribution in [0.3, 0.4) is 0 Å². The quantitative estimate of drug-likeness (QED) is 0.493. The maximum atomic E-state index is 12.6. The van der Waals surface area contributed by atoms with Gasteiger partial charge in [-0.3, -0.25) is 10.1 Å². The molecule has 0 bridgehead atoms. The van der Waals surface area contributed by atoms with Crippen LogP contribution in [0.4, 0.5) is 6.01 Å². The number of furan rings is 1. The van der Waals surface area contributed by atoms with Crippen molar-refractivity contribution in [3.8, 4) is 28.8 Å². The summed E-state index contributed by atoms with van der Waals surface area (Å²) in [5, 5.41) is 19.3. The van der Waals surface area contributed by atoms with Gasteiger partial charge in [0.25, 0.3) is 11.8 Å². The van der Waals surface area contributed by atoms with E-state index in [0.29, 0.717) is 17.7 Å². The van der Waals surface area contributed by atoms with E-state index in [1.807, 2.05) is 43.3 Å². The van der Waals surface area contributed by atoms with E-state index >= 15 is 0 Å². The summed E-state index contributed by atoms with van der Waals surface area (Å²) in [7, 11) is 0. The van der Waals surface area contributed by atoms with Crippen LogP contribution < -0.4 is 5.32 Å². The number of amides is 1. The summed E-state index contributed by atoms with van der Waals surface area (Å²) in [6.45, 7) is 1.90. The van der Waals surface area contributed by atoms with Gasteiger partial charge < -0.3 is 8.83 Å². The number of benzene rings is 2. The number of nitrogens with zero attached hydrogens (tertiary/aromatic N) is 3. The van der Waals surface area contributed by atoms with Gasteiger partial charge in [-0.15, -0.1) is 5.10 Å². The number of nitriles is 1. The smallest absolute Gasteiger partial charge is 0.322 e. The average molecular weight is 398 g/mol. The first-order valence-corrected chi connectivity index (χ1v) is 9.40. The highest BCUT2D eigenvalue weighted by atomic mass is 16.4. The summed E-state index contributed by atoms with van der Waals surface area (Å²) in [6, 6.07) is 20.9. The van der Waals surface area contributed by atoms with Gasteiger partial charge in [0.2, 0.25) is 0 Å². The van der Waals surface area contributed by atoms with Crippen molar-refractivity contribution in [2.45, 2.75) is 13.3 Å². The van der Waals surface area contributed by atoms with Crippen LogP contribution in [0, 0.1) is 17.2 Å². The SMILES string of the molecule is CC(C#N)Cc1ccc(-c2cccc(C(=O)Nc3nnc(-c4ccco4)o3)c2)cc1. The number of aromatic nitrogens is 2. The molecule has 1 unspecified atom stereocenters. The third-order valence-corrected chi connectivity index (χ3v) is 4.55. The molecule has 1 amide bonds. The minimum absolute atomic E-state index is 0.00670. The molecule has 0 aliphatic carbocycles. The summed E-state index contributed by atoms with van der Waals surface area (Å²) in [5.41, 5.74) is 3.46. The van der Waals surface area contributed by atoms with Crippen molar-refractivity contribution in [1.29, 1.82) is 5.26 Å². The Morgan fingerprint density at radius 3 is 2.67 bits per heavy atom. The molecule has 0 spiro atoms. The van der Waals surface area contributed by atoms with Gasteiger partial charge >= 0.3 is 6.01 Å². The molecule has 1 atom stereocenters. The Kier molecular flexibility index (Phi) is 5.39. The molecule has 2 heterocycles. The second-order valence-corrected chi connectivity index (χ2v) is 6.86. The Balaban J connectivity index is 1.48. The van der Waals surface area contributed by atoms with Crippen molar-refractivity contribution in [2.75, 3.05) is 5.32 Å². The van der Waals surface area contributed by atoms with Crippen LogP contribution in [0.1, 0.15) is 22.8 Å². The van der Waals surface area contributed by atoms with Crippen molar-refractivity contribution >= 4 is 11.9 Å².